The quantitative estimate of drug-likeness (QED) is 0.624. The molecule has 2 rings (SSSR count). The molecule has 0 saturated heterocycles. The summed E-state index contributed by atoms with van der Waals surface area (Å²) in [6.45, 7) is 0.668. The summed E-state index contributed by atoms with van der Waals surface area (Å²) >= 11 is 0. The molecule has 0 atom stereocenters. The average molecular weight is 285 g/mol. The summed E-state index contributed by atoms with van der Waals surface area (Å²) < 4.78 is 0. The molecule has 1 aliphatic carbocycles. The third-order valence-corrected chi connectivity index (χ3v) is 3.81. The van der Waals surface area contributed by atoms with E-state index >= 15 is 0 Å². The zero-order valence-electron chi connectivity index (χ0n) is 11.2. The van der Waals surface area contributed by atoms with Gasteiger partial charge in [-0.25, -0.2) is 0 Å². The largest absolute Gasteiger partial charge is 0.299 e. The third kappa shape index (κ3) is 4.18. The topological polar surface area (TPSA) is 46.4 Å². The average Bonchev–Trinajstić information content (AvgIpc) is 2.40. The number of halogens is 1. The van der Waals surface area contributed by atoms with E-state index in [4.69, 9.17) is 0 Å². The maximum Gasteiger partial charge on any atom is 0.273 e. The van der Waals surface area contributed by atoms with E-state index in [1.54, 1.807) is 12.1 Å². The van der Waals surface area contributed by atoms with E-state index in [0.717, 1.165) is 5.56 Å². The van der Waals surface area contributed by atoms with E-state index in [9.17, 15) is 10.1 Å². The van der Waals surface area contributed by atoms with Crippen LogP contribution >= 0.6 is 12.4 Å². The minimum absolute atomic E-state index is 0. The number of benzene rings is 1. The Kier molecular flexibility index (Phi) is 6.25. The molecule has 1 aliphatic rings. The Hall–Kier alpha value is -1.13. The van der Waals surface area contributed by atoms with Crippen LogP contribution in [0.5, 0.6) is 0 Å². The molecule has 5 heteroatoms. The predicted molar refractivity (Wildman–Crippen MR) is 78.7 cm³/mol. The van der Waals surface area contributed by atoms with Gasteiger partial charge in [-0.3, -0.25) is 15.0 Å². The Morgan fingerprint density at radius 2 is 1.89 bits per heavy atom. The molecule has 1 aromatic rings. The number of nitrogens with zero attached hydrogens (tertiary/aromatic N) is 2. The molecule has 0 amide bonds. The number of rotatable bonds is 4. The van der Waals surface area contributed by atoms with Crippen molar-refractivity contribution in [2.75, 3.05) is 7.05 Å². The summed E-state index contributed by atoms with van der Waals surface area (Å²) in [6.07, 6.45) is 6.34. The molecule has 1 saturated carbocycles. The maximum atomic E-state index is 11.0. The number of hydrogen-bond acceptors (Lipinski definition) is 3. The minimum Gasteiger partial charge on any atom is -0.299 e. The lowest BCUT2D eigenvalue weighted by atomic mass is 9.94. The van der Waals surface area contributed by atoms with Gasteiger partial charge in [0, 0.05) is 24.2 Å². The number of hydrogen-bond donors (Lipinski definition) is 0. The van der Waals surface area contributed by atoms with Crippen molar-refractivity contribution in [2.24, 2.45) is 0 Å². The van der Waals surface area contributed by atoms with Gasteiger partial charge in [-0.1, -0.05) is 37.5 Å². The molecule has 4 nitrogen and oxygen atoms in total. The van der Waals surface area contributed by atoms with Gasteiger partial charge in [0.25, 0.3) is 5.69 Å². The third-order valence-electron chi connectivity index (χ3n) is 3.81. The van der Waals surface area contributed by atoms with Crippen LogP contribution in [0.4, 0.5) is 5.69 Å². The summed E-state index contributed by atoms with van der Waals surface area (Å²) in [7, 11) is 2.08. The Balaban J connectivity index is 0.00000180. The minimum atomic E-state index is -0.288. The van der Waals surface area contributed by atoms with Crippen molar-refractivity contribution in [3.63, 3.8) is 0 Å². The van der Waals surface area contributed by atoms with Crippen LogP contribution in [-0.2, 0) is 6.54 Å². The van der Waals surface area contributed by atoms with Crippen molar-refractivity contribution < 1.29 is 4.92 Å². The van der Waals surface area contributed by atoms with Crippen LogP contribution in [0.15, 0.2) is 24.3 Å². The zero-order valence-corrected chi connectivity index (χ0v) is 12.1. The molecule has 0 spiro atoms. The molecule has 106 valence electrons. The van der Waals surface area contributed by atoms with Crippen LogP contribution < -0.4 is 0 Å². The van der Waals surface area contributed by atoms with Crippen molar-refractivity contribution in [1.82, 2.24) is 4.90 Å². The van der Waals surface area contributed by atoms with Crippen molar-refractivity contribution in [3.05, 3.63) is 39.9 Å². The van der Waals surface area contributed by atoms with Gasteiger partial charge < -0.3 is 0 Å². The maximum absolute atomic E-state index is 11.0. The summed E-state index contributed by atoms with van der Waals surface area (Å²) in [5.41, 5.74) is 1.05. The smallest absolute Gasteiger partial charge is 0.273 e. The summed E-state index contributed by atoms with van der Waals surface area (Å²) in [5, 5.41) is 11.0. The first-order valence-corrected chi connectivity index (χ1v) is 6.61. The second-order valence-corrected chi connectivity index (χ2v) is 5.09. The highest BCUT2D eigenvalue weighted by Gasteiger charge is 2.20. The van der Waals surface area contributed by atoms with Crippen LogP contribution in [0.25, 0.3) is 0 Å². The van der Waals surface area contributed by atoms with E-state index in [2.05, 4.69) is 11.9 Å². The van der Waals surface area contributed by atoms with Crippen LogP contribution in [0.1, 0.15) is 37.7 Å². The highest BCUT2D eigenvalue weighted by molar-refractivity contribution is 5.85. The lowest BCUT2D eigenvalue weighted by Gasteiger charge is -2.31. The lowest BCUT2D eigenvalue weighted by molar-refractivity contribution is -0.385. The van der Waals surface area contributed by atoms with Crippen LogP contribution in [0.3, 0.4) is 0 Å². The molecule has 19 heavy (non-hydrogen) atoms. The standard InChI is InChI=1S/C14H20N2O2.ClH/c1-15(13-8-3-2-4-9-13)11-12-7-5-6-10-14(12)16(17)18;/h5-7,10,13H,2-4,8-9,11H2,1H3;1H. The number of nitro groups is 1. The lowest BCUT2D eigenvalue weighted by Crippen LogP contribution is -2.33. The second kappa shape index (κ2) is 7.46. The summed E-state index contributed by atoms with van der Waals surface area (Å²) in [4.78, 5) is 12.9. The molecule has 0 heterocycles. The van der Waals surface area contributed by atoms with Crippen LogP contribution in [0.2, 0.25) is 0 Å². The molecule has 0 N–H and O–H groups in total. The normalized spacial score (nSPS) is 16.1. The molecule has 1 fully saturated rings. The fourth-order valence-electron chi connectivity index (χ4n) is 2.74. The van der Waals surface area contributed by atoms with Crippen LogP contribution in [-0.4, -0.2) is 22.9 Å². The molecule has 0 aromatic heterocycles. The SMILES string of the molecule is CN(Cc1ccccc1[N+](=O)[O-])C1CCCCC1.Cl. The van der Waals surface area contributed by atoms with Gasteiger partial charge in [0.05, 0.1) is 4.92 Å². The van der Waals surface area contributed by atoms with Crippen molar-refractivity contribution >= 4 is 18.1 Å². The van der Waals surface area contributed by atoms with Crippen molar-refractivity contribution in [1.29, 1.82) is 0 Å². The number of para-hydroxylation sites is 1. The van der Waals surface area contributed by atoms with E-state index in [0.29, 0.717) is 12.6 Å². The van der Waals surface area contributed by atoms with E-state index in [-0.39, 0.29) is 23.0 Å². The summed E-state index contributed by atoms with van der Waals surface area (Å²) in [6, 6.07) is 7.62. The first kappa shape index (κ1) is 15.9. The van der Waals surface area contributed by atoms with E-state index < -0.39 is 0 Å². The highest BCUT2D eigenvalue weighted by atomic mass is 35.5. The van der Waals surface area contributed by atoms with Gasteiger partial charge >= 0.3 is 0 Å². The van der Waals surface area contributed by atoms with Gasteiger partial charge in [0.2, 0.25) is 0 Å². The zero-order chi connectivity index (χ0) is 13.0. The first-order chi connectivity index (χ1) is 8.68. The molecule has 1 aromatic carbocycles. The molecular formula is C14H21ClN2O2. The van der Waals surface area contributed by atoms with Gasteiger partial charge in [-0.15, -0.1) is 12.4 Å². The van der Waals surface area contributed by atoms with Gasteiger partial charge in [-0.05, 0) is 19.9 Å². The molecule has 0 bridgehead atoms. The Morgan fingerprint density at radius 1 is 1.26 bits per heavy atom. The van der Waals surface area contributed by atoms with Crippen molar-refractivity contribution in [3.8, 4) is 0 Å². The predicted octanol–water partition coefficient (Wildman–Crippen LogP) is 3.78. The van der Waals surface area contributed by atoms with Gasteiger partial charge in [-0.2, -0.15) is 0 Å². The summed E-state index contributed by atoms with van der Waals surface area (Å²) in [5.74, 6) is 0. The molecule has 0 radical (unpaired) electrons. The fraction of sp³-hybridized carbons (Fsp3) is 0.571. The Bertz CT molecular complexity index is 420. The van der Waals surface area contributed by atoms with E-state index in [1.165, 1.54) is 32.1 Å². The highest BCUT2D eigenvalue weighted by Crippen LogP contribution is 2.25. The number of nitro benzene ring substituents is 1. The molecular weight excluding hydrogens is 264 g/mol. The molecule has 0 aliphatic heterocycles. The van der Waals surface area contributed by atoms with Gasteiger partial charge in [0.15, 0.2) is 0 Å². The van der Waals surface area contributed by atoms with E-state index in [1.807, 2.05) is 12.1 Å². The first-order valence-electron chi connectivity index (χ1n) is 6.61. The fourth-order valence-corrected chi connectivity index (χ4v) is 2.74. The Labute approximate surface area is 120 Å². The van der Waals surface area contributed by atoms with Crippen LogP contribution in [0, 0.1) is 10.1 Å². The monoisotopic (exact) mass is 284 g/mol. The molecule has 0 unspecified atom stereocenters. The van der Waals surface area contributed by atoms with Gasteiger partial charge in [0.1, 0.15) is 0 Å². The Morgan fingerprint density at radius 3 is 2.53 bits per heavy atom. The second-order valence-electron chi connectivity index (χ2n) is 5.09. The van der Waals surface area contributed by atoms with Crippen molar-refractivity contribution in [2.45, 2.75) is 44.7 Å².